The van der Waals surface area contributed by atoms with Gasteiger partial charge in [0.05, 0.1) is 12.6 Å². The molecule has 0 saturated carbocycles. The third-order valence-corrected chi connectivity index (χ3v) is 2.46. The largest absolute Gasteiger partial charge is 0.477 e. The van der Waals surface area contributed by atoms with Crippen molar-refractivity contribution in [1.82, 2.24) is 4.57 Å². The molecule has 0 aliphatic heterocycles. The van der Waals surface area contributed by atoms with Crippen molar-refractivity contribution < 1.29 is 14.2 Å². The van der Waals surface area contributed by atoms with E-state index in [9.17, 15) is 9.90 Å². The first-order valence-corrected chi connectivity index (χ1v) is 4.81. The predicted molar refractivity (Wildman–Crippen MR) is 52.9 cm³/mol. The van der Waals surface area contributed by atoms with Gasteiger partial charge in [-0.25, -0.2) is 4.79 Å². The number of hydrogen-bond donors (Lipinski definition) is 1. The van der Waals surface area contributed by atoms with E-state index in [2.05, 4.69) is 0 Å². The Morgan fingerprint density at radius 3 is 2.80 bits per heavy atom. The number of rotatable bonds is 1. The SMILES string of the molecule is CC[n+]1c(O)c(C)c(=O)n2oc(C)cc21. The highest BCUT2D eigenvalue weighted by molar-refractivity contribution is 5.34. The molecule has 0 aliphatic rings. The fourth-order valence-electron chi connectivity index (χ4n) is 1.66. The Kier molecular flexibility index (Phi) is 2.03. The maximum absolute atomic E-state index is 11.7. The molecule has 5 heteroatoms. The molecule has 80 valence electrons. The predicted octanol–water partition coefficient (Wildman–Crippen LogP) is 0.522. The number of aromatic hydroxyl groups is 1. The highest BCUT2D eigenvalue weighted by Gasteiger charge is 2.23. The minimum atomic E-state index is -0.319. The Morgan fingerprint density at radius 1 is 1.53 bits per heavy atom. The zero-order chi connectivity index (χ0) is 11.2. The van der Waals surface area contributed by atoms with Crippen molar-refractivity contribution in [3.05, 3.63) is 27.7 Å². The number of aryl methyl sites for hydroxylation is 2. The van der Waals surface area contributed by atoms with Crippen LogP contribution in [0.5, 0.6) is 5.88 Å². The van der Waals surface area contributed by atoms with E-state index in [0.717, 1.165) is 0 Å². The Labute approximate surface area is 86.2 Å². The summed E-state index contributed by atoms with van der Waals surface area (Å²) < 4.78 is 8.08. The molecular formula is C10H13N2O3+. The van der Waals surface area contributed by atoms with Gasteiger partial charge in [-0.1, -0.05) is 0 Å². The Hall–Kier alpha value is -1.78. The van der Waals surface area contributed by atoms with Gasteiger partial charge < -0.3 is 5.11 Å². The minimum absolute atomic E-state index is 0.00306. The second-order valence-electron chi connectivity index (χ2n) is 3.50. The van der Waals surface area contributed by atoms with Gasteiger partial charge >= 0.3 is 11.2 Å². The van der Waals surface area contributed by atoms with Crippen LogP contribution in [0, 0.1) is 13.8 Å². The van der Waals surface area contributed by atoms with Crippen LogP contribution < -0.4 is 10.1 Å². The zero-order valence-corrected chi connectivity index (χ0v) is 8.94. The van der Waals surface area contributed by atoms with Gasteiger partial charge in [0.1, 0.15) is 5.56 Å². The van der Waals surface area contributed by atoms with Gasteiger partial charge in [0.25, 0.3) is 5.88 Å². The monoisotopic (exact) mass is 209 g/mol. The van der Waals surface area contributed by atoms with Crippen molar-refractivity contribution >= 4 is 5.65 Å². The number of nitrogens with zero attached hydrogens (tertiary/aromatic N) is 2. The Balaban J connectivity index is 3.03. The van der Waals surface area contributed by atoms with Crippen LogP contribution in [0.3, 0.4) is 0 Å². The molecule has 0 spiro atoms. The molecule has 0 aliphatic carbocycles. The minimum Gasteiger partial charge on any atom is -0.477 e. The molecule has 0 radical (unpaired) electrons. The lowest BCUT2D eigenvalue weighted by Gasteiger charge is -2.00. The van der Waals surface area contributed by atoms with Crippen molar-refractivity contribution in [1.29, 1.82) is 0 Å². The molecule has 1 N–H and O–H groups in total. The van der Waals surface area contributed by atoms with Gasteiger partial charge in [-0.05, 0) is 20.8 Å². The Morgan fingerprint density at radius 2 is 2.20 bits per heavy atom. The fraction of sp³-hybridized carbons (Fsp3) is 0.400. The standard InChI is InChI=1S/C10H12N2O3/c1-4-11-8-5-6(2)15-12(8)10(14)7(3)9(11)13/h5H,4H2,1-3H3/p+1. The summed E-state index contributed by atoms with van der Waals surface area (Å²) in [6, 6.07) is 1.73. The van der Waals surface area contributed by atoms with E-state index in [1.165, 1.54) is 4.57 Å². The highest BCUT2D eigenvalue weighted by Crippen LogP contribution is 2.10. The van der Waals surface area contributed by atoms with Crippen LogP contribution in [-0.2, 0) is 6.54 Å². The molecule has 0 unspecified atom stereocenters. The number of hydrogen-bond acceptors (Lipinski definition) is 3. The molecule has 2 aromatic heterocycles. The summed E-state index contributed by atoms with van der Waals surface area (Å²) in [6.07, 6.45) is 0. The lowest BCUT2D eigenvalue weighted by atomic mass is 10.3. The van der Waals surface area contributed by atoms with Gasteiger partial charge in [-0.3, -0.25) is 4.52 Å². The van der Waals surface area contributed by atoms with Crippen molar-refractivity contribution in [2.24, 2.45) is 0 Å². The van der Waals surface area contributed by atoms with Gasteiger partial charge in [0, 0.05) is 4.57 Å². The third kappa shape index (κ3) is 1.23. The van der Waals surface area contributed by atoms with Crippen LogP contribution in [0.1, 0.15) is 18.2 Å². The van der Waals surface area contributed by atoms with Crippen LogP contribution in [0.25, 0.3) is 5.65 Å². The molecule has 0 bridgehead atoms. The average molecular weight is 209 g/mol. The summed E-state index contributed by atoms with van der Waals surface area (Å²) in [5.41, 5.74) is 0.548. The van der Waals surface area contributed by atoms with Crippen LogP contribution in [0.15, 0.2) is 15.4 Å². The van der Waals surface area contributed by atoms with E-state index in [4.69, 9.17) is 4.52 Å². The summed E-state index contributed by atoms with van der Waals surface area (Å²) >= 11 is 0. The number of fused-ring (bicyclic) bond motifs is 1. The van der Waals surface area contributed by atoms with Gasteiger partial charge in [0.15, 0.2) is 5.76 Å². The lowest BCUT2D eigenvalue weighted by molar-refractivity contribution is -0.678. The maximum atomic E-state index is 11.7. The Bertz CT molecular complexity index is 580. The second-order valence-corrected chi connectivity index (χ2v) is 3.50. The van der Waals surface area contributed by atoms with Gasteiger partial charge in [-0.15, -0.1) is 0 Å². The van der Waals surface area contributed by atoms with E-state index in [1.807, 2.05) is 6.92 Å². The maximum Gasteiger partial charge on any atom is 0.384 e. The first-order valence-electron chi connectivity index (χ1n) is 4.81. The summed E-state index contributed by atoms with van der Waals surface area (Å²) in [5, 5.41) is 9.79. The lowest BCUT2D eigenvalue weighted by Crippen LogP contribution is -2.39. The van der Waals surface area contributed by atoms with E-state index in [1.54, 1.807) is 24.5 Å². The van der Waals surface area contributed by atoms with Crippen molar-refractivity contribution in [3.8, 4) is 5.88 Å². The summed E-state index contributed by atoms with van der Waals surface area (Å²) in [7, 11) is 0. The summed E-state index contributed by atoms with van der Waals surface area (Å²) in [4.78, 5) is 11.7. The molecule has 2 heterocycles. The molecule has 0 saturated heterocycles. The smallest absolute Gasteiger partial charge is 0.384 e. The molecule has 2 aromatic rings. The summed E-state index contributed by atoms with van der Waals surface area (Å²) in [6.45, 7) is 5.81. The summed E-state index contributed by atoms with van der Waals surface area (Å²) in [5.74, 6) is 0.641. The van der Waals surface area contributed by atoms with E-state index < -0.39 is 0 Å². The molecule has 0 fully saturated rings. The highest BCUT2D eigenvalue weighted by atomic mass is 16.5. The zero-order valence-electron chi connectivity index (χ0n) is 8.94. The molecule has 0 aromatic carbocycles. The van der Waals surface area contributed by atoms with Crippen LogP contribution in [0.4, 0.5) is 0 Å². The molecule has 2 rings (SSSR count). The molecular weight excluding hydrogens is 196 g/mol. The quantitative estimate of drug-likeness (QED) is 0.697. The van der Waals surface area contributed by atoms with Crippen LogP contribution in [0.2, 0.25) is 0 Å². The normalized spacial score (nSPS) is 11.1. The topological polar surface area (TPSA) is 58.7 Å². The first kappa shape index (κ1) is 9.76. The van der Waals surface area contributed by atoms with Crippen molar-refractivity contribution in [2.45, 2.75) is 27.3 Å². The van der Waals surface area contributed by atoms with Crippen LogP contribution >= 0.6 is 0 Å². The molecule has 0 atom stereocenters. The second kappa shape index (κ2) is 3.12. The van der Waals surface area contributed by atoms with Crippen molar-refractivity contribution in [3.63, 3.8) is 0 Å². The van der Waals surface area contributed by atoms with E-state index >= 15 is 0 Å². The number of aromatic nitrogens is 2. The van der Waals surface area contributed by atoms with Gasteiger partial charge in [0.2, 0.25) is 0 Å². The molecule has 0 amide bonds. The van der Waals surface area contributed by atoms with E-state index in [-0.39, 0.29) is 11.4 Å². The van der Waals surface area contributed by atoms with Crippen molar-refractivity contribution in [2.75, 3.05) is 0 Å². The first-order chi connectivity index (χ1) is 7.06. The van der Waals surface area contributed by atoms with E-state index in [0.29, 0.717) is 23.5 Å². The van der Waals surface area contributed by atoms with Crippen LogP contribution in [-0.4, -0.2) is 9.68 Å². The van der Waals surface area contributed by atoms with Gasteiger partial charge in [-0.2, -0.15) is 4.57 Å². The molecule has 15 heavy (non-hydrogen) atoms. The molecule has 5 nitrogen and oxygen atoms in total. The fourth-order valence-corrected chi connectivity index (χ4v) is 1.66. The average Bonchev–Trinajstić information content (AvgIpc) is 2.58. The third-order valence-electron chi connectivity index (χ3n) is 2.46.